The highest BCUT2D eigenvalue weighted by Crippen LogP contribution is 2.29. The Balaban J connectivity index is 2.87. The first-order valence-electron chi connectivity index (χ1n) is 7.30. The van der Waals surface area contributed by atoms with E-state index in [2.05, 4.69) is 51.0 Å². The zero-order valence-corrected chi connectivity index (χ0v) is 12.9. The highest BCUT2D eigenvalue weighted by atomic mass is 16.3. The molecule has 0 bridgehead atoms. The van der Waals surface area contributed by atoms with Crippen molar-refractivity contribution < 1.29 is 5.11 Å². The predicted molar refractivity (Wildman–Crippen MR) is 83.0 cm³/mol. The zero-order valence-electron chi connectivity index (χ0n) is 12.9. The normalized spacial score (nSPS) is 14.2. The Morgan fingerprint density at radius 2 is 1.95 bits per heavy atom. The number of anilines is 1. The largest absolute Gasteiger partial charge is 0.508 e. The van der Waals surface area contributed by atoms with E-state index in [9.17, 15) is 5.11 Å². The molecule has 0 saturated heterocycles. The number of phenolic OH excluding ortho intramolecular Hbond substituents is 1. The molecule has 0 fully saturated rings. The highest BCUT2D eigenvalue weighted by molar-refractivity contribution is 5.54. The van der Waals surface area contributed by atoms with E-state index < -0.39 is 0 Å². The minimum Gasteiger partial charge on any atom is -0.508 e. The lowest BCUT2D eigenvalue weighted by atomic mass is 10.1. The number of nitrogens with zero attached hydrogens (tertiary/aromatic N) is 1. The summed E-state index contributed by atoms with van der Waals surface area (Å²) in [4.78, 5) is 2.23. The maximum Gasteiger partial charge on any atom is 0.122 e. The summed E-state index contributed by atoms with van der Waals surface area (Å²) in [6.45, 7) is 9.46. The topological polar surface area (TPSA) is 35.5 Å². The molecule has 0 aliphatic rings. The van der Waals surface area contributed by atoms with Gasteiger partial charge in [0.15, 0.2) is 0 Å². The van der Waals surface area contributed by atoms with Crippen LogP contribution >= 0.6 is 0 Å². The van der Waals surface area contributed by atoms with Crippen molar-refractivity contribution in [2.75, 3.05) is 18.5 Å². The Hall–Kier alpha value is -1.22. The fourth-order valence-electron chi connectivity index (χ4n) is 2.40. The van der Waals surface area contributed by atoms with Gasteiger partial charge in [-0.1, -0.05) is 26.3 Å². The lowest BCUT2D eigenvalue weighted by Crippen LogP contribution is -2.28. The van der Waals surface area contributed by atoms with Crippen molar-refractivity contribution in [2.24, 2.45) is 0 Å². The Labute approximate surface area is 117 Å². The SMILES string of the molecule is CCCC(C)N(C)c1ccc(C(C)NCC)c(O)c1. The van der Waals surface area contributed by atoms with Gasteiger partial charge in [-0.05, 0) is 32.9 Å². The summed E-state index contributed by atoms with van der Waals surface area (Å²) in [5, 5.41) is 13.5. The molecule has 0 radical (unpaired) electrons. The van der Waals surface area contributed by atoms with Crippen LogP contribution in [0.2, 0.25) is 0 Å². The molecule has 0 spiro atoms. The van der Waals surface area contributed by atoms with Crippen LogP contribution in [0.25, 0.3) is 0 Å². The van der Waals surface area contributed by atoms with Gasteiger partial charge < -0.3 is 15.3 Å². The summed E-state index contributed by atoms with van der Waals surface area (Å²) in [5.74, 6) is 0.376. The second-order valence-electron chi connectivity index (χ2n) is 5.27. The Morgan fingerprint density at radius 1 is 1.26 bits per heavy atom. The Bertz CT molecular complexity index is 392. The number of phenols is 1. The van der Waals surface area contributed by atoms with Gasteiger partial charge >= 0.3 is 0 Å². The lowest BCUT2D eigenvalue weighted by molar-refractivity contribution is 0.454. The molecule has 1 aromatic carbocycles. The summed E-state index contributed by atoms with van der Waals surface area (Å²) in [6, 6.07) is 6.65. The fourth-order valence-corrected chi connectivity index (χ4v) is 2.40. The van der Waals surface area contributed by atoms with E-state index in [1.807, 2.05) is 12.1 Å². The maximum absolute atomic E-state index is 10.2. The van der Waals surface area contributed by atoms with Crippen LogP contribution in [-0.4, -0.2) is 24.7 Å². The van der Waals surface area contributed by atoms with Crippen molar-refractivity contribution in [1.82, 2.24) is 5.32 Å². The van der Waals surface area contributed by atoms with E-state index in [0.29, 0.717) is 11.8 Å². The zero-order chi connectivity index (χ0) is 14.4. The van der Waals surface area contributed by atoms with E-state index >= 15 is 0 Å². The van der Waals surface area contributed by atoms with E-state index in [4.69, 9.17) is 0 Å². The first-order valence-corrected chi connectivity index (χ1v) is 7.30. The minimum atomic E-state index is 0.178. The molecular formula is C16H28N2O. The van der Waals surface area contributed by atoms with Crippen LogP contribution in [0.4, 0.5) is 5.69 Å². The molecule has 0 aromatic heterocycles. The van der Waals surface area contributed by atoms with Crippen molar-refractivity contribution in [1.29, 1.82) is 0 Å². The van der Waals surface area contributed by atoms with Gasteiger partial charge in [-0.3, -0.25) is 0 Å². The van der Waals surface area contributed by atoms with Gasteiger partial charge in [0, 0.05) is 36.4 Å². The van der Waals surface area contributed by atoms with Crippen LogP contribution in [0.5, 0.6) is 5.75 Å². The molecule has 0 heterocycles. The van der Waals surface area contributed by atoms with Crippen LogP contribution in [0.1, 0.15) is 52.1 Å². The molecule has 0 amide bonds. The lowest BCUT2D eigenvalue weighted by Gasteiger charge is -2.27. The first-order chi connectivity index (χ1) is 9.01. The summed E-state index contributed by atoms with van der Waals surface area (Å²) < 4.78 is 0. The van der Waals surface area contributed by atoms with Gasteiger partial charge in [-0.15, -0.1) is 0 Å². The van der Waals surface area contributed by atoms with Gasteiger partial charge in [0.05, 0.1) is 0 Å². The number of hydrogen-bond acceptors (Lipinski definition) is 3. The van der Waals surface area contributed by atoms with Gasteiger partial charge in [0.25, 0.3) is 0 Å². The summed E-state index contributed by atoms with van der Waals surface area (Å²) in [6.07, 6.45) is 2.33. The third-order valence-electron chi connectivity index (χ3n) is 3.77. The van der Waals surface area contributed by atoms with Crippen LogP contribution in [-0.2, 0) is 0 Å². The van der Waals surface area contributed by atoms with Crippen molar-refractivity contribution in [3.05, 3.63) is 23.8 Å². The van der Waals surface area contributed by atoms with Crippen molar-refractivity contribution in [2.45, 2.75) is 52.6 Å². The van der Waals surface area contributed by atoms with Crippen LogP contribution in [0.15, 0.2) is 18.2 Å². The van der Waals surface area contributed by atoms with Crippen LogP contribution in [0, 0.1) is 0 Å². The second kappa shape index (κ2) is 7.39. The van der Waals surface area contributed by atoms with Crippen LogP contribution in [0.3, 0.4) is 0 Å². The standard InChI is InChI=1S/C16H28N2O/c1-6-8-12(3)18(5)14-9-10-15(16(19)11-14)13(4)17-7-2/h9-13,17,19H,6-8H2,1-5H3. The molecule has 2 unspecified atom stereocenters. The first kappa shape index (κ1) is 15.8. The van der Waals surface area contributed by atoms with Crippen molar-refractivity contribution in [3.8, 4) is 5.75 Å². The van der Waals surface area contributed by atoms with Crippen molar-refractivity contribution >= 4 is 5.69 Å². The second-order valence-corrected chi connectivity index (χ2v) is 5.27. The number of hydrogen-bond donors (Lipinski definition) is 2. The number of aromatic hydroxyl groups is 1. The van der Waals surface area contributed by atoms with Gasteiger partial charge in [0.1, 0.15) is 5.75 Å². The van der Waals surface area contributed by atoms with E-state index in [0.717, 1.165) is 24.2 Å². The molecule has 3 heteroatoms. The highest BCUT2D eigenvalue weighted by Gasteiger charge is 2.13. The monoisotopic (exact) mass is 264 g/mol. The summed E-state index contributed by atoms with van der Waals surface area (Å²) in [5.41, 5.74) is 2.04. The molecule has 2 N–H and O–H groups in total. The molecule has 0 aliphatic heterocycles. The molecule has 3 nitrogen and oxygen atoms in total. The Kier molecular flexibility index (Phi) is 6.16. The molecule has 1 rings (SSSR count). The molecular weight excluding hydrogens is 236 g/mol. The maximum atomic E-state index is 10.2. The average Bonchev–Trinajstić information content (AvgIpc) is 2.38. The van der Waals surface area contributed by atoms with E-state index in [1.165, 1.54) is 6.42 Å². The van der Waals surface area contributed by atoms with Gasteiger partial charge in [-0.2, -0.15) is 0 Å². The van der Waals surface area contributed by atoms with Gasteiger partial charge in [-0.25, -0.2) is 0 Å². The molecule has 2 atom stereocenters. The van der Waals surface area contributed by atoms with Gasteiger partial charge in [0.2, 0.25) is 0 Å². The molecule has 108 valence electrons. The number of rotatable bonds is 7. The molecule has 1 aromatic rings. The third-order valence-corrected chi connectivity index (χ3v) is 3.77. The number of benzene rings is 1. The quantitative estimate of drug-likeness (QED) is 0.788. The smallest absolute Gasteiger partial charge is 0.122 e. The fraction of sp³-hybridized carbons (Fsp3) is 0.625. The summed E-state index contributed by atoms with van der Waals surface area (Å²) >= 11 is 0. The molecule has 0 saturated carbocycles. The number of nitrogens with one attached hydrogen (secondary N) is 1. The van der Waals surface area contributed by atoms with Crippen molar-refractivity contribution in [3.63, 3.8) is 0 Å². The van der Waals surface area contributed by atoms with E-state index in [-0.39, 0.29) is 6.04 Å². The Morgan fingerprint density at radius 3 is 2.47 bits per heavy atom. The van der Waals surface area contributed by atoms with E-state index in [1.54, 1.807) is 0 Å². The summed E-state index contributed by atoms with van der Waals surface area (Å²) in [7, 11) is 2.09. The predicted octanol–water partition coefficient (Wildman–Crippen LogP) is 3.69. The van der Waals surface area contributed by atoms with Crippen LogP contribution < -0.4 is 10.2 Å². The molecule has 19 heavy (non-hydrogen) atoms. The minimum absolute atomic E-state index is 0.178. The third kappa shape index (κ3) is 4.13. The average molecular weight is 264 g/mol. The molecule has 0 aliphatic carbocycles.